The summed E-state index contributed by atoms with van der Waals surface area (Å²) in [5.41, 5.74) is -1.54. The molecule has 0 radical (unpaired) electrons. The van der Waals surface area contributed by atoms with E-state index in [1.807, 2.05) is 0 Å². The van der Waals surface area contributed by atoms with Crippen molar-refractivity contribution < 1.29 is 14.4 Å². The van der Waals surface area contributed by atoms with Crippen LogP contribution in [0.15, 0.2) is 0 Å². The molecule has 1 aliphatic carbocycles. The first-order valence-corrected chi connectivity index (χ1v) is 4.15. The molecule has 0 aromatic carbocycles. The molecule has 0 bridgehead atoms. The number of halogens is 3. The Bertz CT molecular complexity index is 259. The molecule has 12 heavy (non-hydrogen) atoms. The Kier molecular flexibility index (Phi) is 2.47. The fourth-order valence-electron chi connectivity index (χ4n) is 1.05. The molecule has 1 fully saturated rings. The van der Waals surface area contributed by atoms with Gasteiger partial charge in [-0.05, 0) is 41.2 Å². The van der Waals surface area contributed by atoms with E-state index in [1.165, 1.54) is 0 Å². The lowest BCUT2D eigenvalue weighted by Crippen LogP contribution is -2.22. The van der Waals surface area contributed by atoms with E-state index < -0.39 is 27.1 Å². The van der Waals surface area contributed by atoms with Gasteiger partial charge >= 0.3 is 0 Å². The average molecular weight is 229 g/mol. The molecule has 0 aromatic rings. The third-order valence-corrected chi connectivity index (χ3v) is 2.87. The third kappa shape index (κ3) is 1.26. The van der Waals surface area contributed by atoms with Crippen molar-refractivity contribution in [1.82, 2.24) is 0 Å². The zero-order valence-electron chi connectivity index (χ0n) is 5.64. The third-order valence-electron chi connectivity index (χ3n) is 1.94. The van der Waals surface area contributed by atoms with Crippen LogP contribution < -0.4 is 0 Å². The van der Waals surface area contributed by atoms with Gasteiger partial charge in [-0.1, -0.05) is 0 Å². The summed E-state index contributed by atoms with van der Waals surface area (Å²) in [5.74, 6) is -0.839. The van der Waals surface area contributed by atoms with Gasteiger partial charge in [-0.15, -0.1) is 0 Å². The molecule has 0 aliphatic heterocycles. The summed E-state index contributed by atoms with van der Waals surface area (Å²) in [7, 11) is 0. The highest BCUT2D eigenvalue weighted by Crippen LogP contribution is 2.56. The maximum atomic E-state index is 10.7. The average Bonchev–Trinajstić information content (AvgIpc) is 2.60. The topological polar surface area (TPSA) is 51.2 Å². The molecule has 66 valence electrons. The first kappa shape index (κ1) is 9.96. The fraction of sp³-hybridized carbons (Fsp3) is 0.500. The minimum absolute atomic E-state index is 0.0278. The molecule has 0 saturated heterocycles. The largest absolute Gasteiger partial charge is 0.281 e. The molecule has 1 atom stereocenters. The lowest BCUT2D eigenvalue weighted by Gasteiger charge is -2.02. The van der Waals surface area contributed by atoms with Gasteiger partial charge in [0.1, 0.15) is 5.41 Å². The van der Waals surface area contributed by atoms with Crippen LogP contribution in [0.4, 0.5) is 0 Å². The standard InChI is InChI=1S/C6H3Cl3O3/c7-3(10)2-1-6(2,4(8)11)5(9)12/h2H,1H2. The highest BCUT2D eigenvalue weighted by Gasteiger charge is 2.67. The van der Waals surface area contributed by atoms with Crippen molar-refractivity contribution in [3.8, 4) is 0 Å². The summed E-state index contributed by atoms with van der Waals surface area (Å²) >= 11 is 15.3. The Labute approximate surface area is 83.0 Å². The van der Waals surface area contributed by atoms with E-state index in [2.05, 4.69) is 0 Å². The summed E-state index contributed by atoms with van der Waals surface area (Å²) < 4.78 is 0. The second kappa shape index (κ2) is 2.98. The normalized spacial score (nSPS) is 24.8. The zero-order chi connectivity index (χ0) is 9.52. The summed E-state index contributed by atoms with van der Waals surface area (Å²) in [6.45, 7) is 0. The molecule has 6 heteroatoms. The van der Waals surface area contributed by atoms with Gasteiger partial charge in [-0.3, -0.25) is 14.4 Å². The van der Waals surface area contributed by atoms with E-state index in [-0.39, 0.29) is 6.42 Å². The second-order valence-electron chi connectivity index (χ2n) is 2.58. The Morgan fingerprint density at radius 2 is 1.50 bits per heavy atom. The van der Waals surface area contributed by atoms with Crippen LogP contribution in [0.3, 0.4) is 0 Å². The van der Waals surface area contributed by atoms with E-state index in [9.17, 15) is 14.4 Å². The Balaban J connectivity index is 2.90. The van der Waals surface area contributed by atoms with Crippen LogP contribution in [-0.4, -0.2) is 15.7 Å². The number of rotatable bonds is 3. The highest BCUT2D eigenvalue weighted by atomic mass is 35.5. The van der Waals surface area contributed by atoms with Gasteiger partial charge in [-0.25, -0.2) is 0 Å². The Morgan fingerprint density at radius 1 is 1.08 bits per heavy atom. The van der Waals surface area contributed by atoms with Gasteiger partial charge in [0.25, 0.3) is 0 Å². The van der Waals surface area contributed by atoms with Gasteiger partial charge < -0.3 is 0 Å². The van der Waals surface area contributed by atoms with Crippen molar-refractivity contribution >= 4 is 50.5 Å². The van der Waals surface area contributed by atoms with Crippen LogP contribution in [0.5, 0.6) is 0 Å². The molecule has 1 unspecified atom stereocenters. The number of hydrogen-bond donors (Lipinski definition) is 0. The van der Waals surface area contributed by atoms with Crippen molar-refractivity contribution in [2.45, 2.75) is 6.42 Å². The molecule has 0 amide bonds. The maximum absolute atomic E-state index is 10.7. The smallest absolute Gasteiger partial charge is 0.237 e. The second-order valence-corrected chi connectivity index (χ2v) is 3.64. The van der Waals surface area contributed by atoms with Crippen LogP contribution >= 0.6 is 34.8 Å². The van der Waals surface area contributed by atoms with E-state index in [4.69, 9.17) is 34.8 Å². The van der Waals surface area contributed by atoms with Gasteiger partial charge in [0.2, 0.25) is 15.7 Å². The van der Waals surface area contributed by atoms with Crippen molar-refractivity contribution in [2.75, 3.05) is 0 Å². The van der Waals surface area contributed by atoms with Crippen LogP contribution in [0, 0.1) is 11.3 Å². The summed E-state index contributed by atoms with van der Waals surface area (Å²) in [6, 6.07) is 0. The van der Waals surface area contributed by atoms with Gasteiger partial charge in [0.05, 0.1) is 5.92 Å². The molecule has 0 N–H and O–H groups in total. The van der Waals surface area contributed by atoms with E-state index in [1.54, 1.807) is 0 Å². The van der Waals surface area contributed by atoms with Crippen LogP contribution in [0.25, 0.3) is 0 Å². The Morgan fingerprint density at radius 3 is 1.58 bits per heavy atom. The lowest BCUT2D eigenvalue weighted by atomic mass is 10.1. The molecule has 0 spiro atoms. The number of carbonyl (C=O) groups is 3. The van der Waals surface area contributed by atoms with Gasteiger partial charge in [0.15, 0.2) is 0 Å². The molecule has 1 aliphatic rings. The molecular weight excluding hydrogens is 226 g/mol. The van der Waals surface area contributed by atoms with Gasteiger partial charge in [0, 0.05) is 0 Å². The van der Waals surface area contributed by atoms with E-state index >= 15 is 0 Å². The monoisotopic (exact) mass is 228 g/mol. The van der Waals surface area contributed by atoms with E-state index in [0.29, 0.717) is 0 Å². The predicted octanol–water partition coefficient (Wildman–Crippen LogP) is 1.29. The zero-order valence-corrected chi connectivity index (χ0v) is 7.91. The predicted molar refractivity (Wildman–Crippen MR) is 43.1 cm³/mol. The van der Waals surface area contributed by atoms with Crippen LogP contribution in [0.2, 0.25) is 0 Å². The number of carbonyl (C=O) groups excluding carboxylic acids is 3. The fourth-order valence-corrected chi connectivity index (χ4v) is 1.95. The molecule has 0 heterocycles. The van der Waals surface area contributed by atoms with Crippen molar-refractivity contribution in [3.05, 3.63) is 0 Å². The summed E-state index contributed by atoms with van der Waals surface area (Å²) in [5, 5.41) is -2.58. The first-order valence-electron chi connectivity index (χ1n) is 3.02. The van der Waals surface area contributed by atoms with Crippen LogP contribution in [0.1, 0.15) is 6.42 Å². The Hall–Kier alpha value is -0.120. The highest BCUT2D eigenvalue weighted by molar-refractivity contribution is 6.77. The van der Waals surface area contributed by atoms with E-state index in [0.717, 1.165) is 0 Å². The summed E-state index contributed by atoms with van der Waals surface area (Å²) in [6.07, 6.45) is 0.0278. The quantitative estimate of drug-likeness (QED) is 0.541. The van der Waals surface area contributed by atoms with Crippen molar-refractivity contribution in [2.24, 2.45) is 11.3 Å². The van der Waals surface area contributed by atoms with Crippen LogP contribution in [-0.2, 0) is 14.4 Å². The molecule has 1 saturated carbocycles. The van der Waals surface area contributed by atoms with Gasteiger partial charge in [-0.2, -0.15) is 0 Å². The minimum Gasteiger partial charge on any atom is -0.281 e. The molecule has 3 nitrogen and oxygen atoms in total. The van der Waals surface area contributed by atoms with Crippen molar-refractivity contribution in [3.63, 3.8) is 0 Å². The summed E-state index contributed by atoms with van der Waals surface area (Å²) in [4.78, 5) is 32.0. The maximum Gasteiger partial charge on any atom is 0.237 e. The minimum atomic E-state index is -1.54. The first-order chi connectivity index (χ1) is 5.43. The molecule has 1 rings (SSSR count). The SMILES string of the molecule is O=C(Cl)C1CC1(C(=O)Cl)C(=O)Cl. The number of hydrogen-bond acceptors (Lipinski definition) is 3. The lowest BCUT2D eigenvalue weighted by molar-refractivity contribution is -0.128. The molecular formula is C6H3Cl3O3. The van der Waals surface area contributed by atoms with Crippen molar-refractivity contribution in [1.29, 1.82) is 0 Å². The molecule has 0 aromatic heterocycles.